The van der Waals surface area contributed by atoms with Crippen LogP contribution in [0.25, 0.3) is 11.3 Å². The quantitative estimate of drug-likeness (QED) is 0.662. The summed E-state index contributed by atoms with van der Waals surface area (Å²) in [5.74, 6) is 2.46. The van der Waals surface area contributed by atoms with Crippen LogP contribution in [0.1, 0.15) is 37.3 Å². The van der Waals surface area contributed by atoms with Gasteiger partial charge < -0.3 is 9.97 Å². The molecule has 1 aromatic carbocycles. The molecule has 3 atom stereocenters. The predicted molar refractivity (Wildman–Crippen MR) is 74.5 cm³/mol. The first-order valence-corrected chi connectivity index (χ1v) is 7.20. The molecule has 1 heterocycles. The fourth-order valence-corrected chi connectivity index (χ4v) is 3.89. The molecule has 0 amide bonds. The molecule has 105 valence electrons. The molecule has 2 aliphatic carbocycles. The number of benzene rings is 1. The average molecular weight is 442 g/mol. The van der Waals surface area contributed by atoms with E-state index in [-0.39, 0.29) is 20.1 Å². The van der Waals surface area contributed by atoms with Crippen LogP contribution in [0.5, 0.6) is 0 Å². The van der Waals surface area contributed by atoms with Gasteiger partial charge in [-0.25, -0.2) is 0 Å². The minimum atomic E-state index is 0. The molecule has 3 heteroatoms. The van der Waals surface area contributed by atoms with E-state index in [9.17, 15) is 0 Å². The Morgan fingerprint density at radius 1 is 1.00 bits per heavy atom. The zero-order valence-corrected chi connectivity index (χ0v) is 13.6. The molecule has 2 aromatic rings. The zero-order valence-electron chi connectivity index (χ0n) is 11.3. The van der Waals surface area contributed by atoms with Crippen molar-refractivity contribution in [3.05, 3.63) is 48.4 Å². The minimum absolute atomic E-state index is 0. The van der Waals surface area contributed by atoms with Crippen molar-refractivity contribution in [3.63, 3.8) is 0 Å². The number of fused-ring (bicyclic) bond motifs is 2. The fourth-order valence-electron chi connectivity index (χ4n) is 3.89. The van der Waals surface area contributed by atoms with Crippen molar-refractivity contribution in [2.24, 2.45) is 11.8 Å². The van der Waals surface area contributed by atoms with Crippen molar-refractivity contribution in [3.8, 4) is 11.3 Å². The Hall–Kier alpha value is -1.05. The Morgan fingerprint density at radius 3 is 2.55 bits per heavy atom. The van der Waals surface area contributed by atoms with Gasteiger partial charge in [0.1, 0.15) is 0 Å². The summed E-state index contributed by atoms with van der Waals surface area (Å²) < 4.78 is 0. The fraction of sp³-hybridized carbons (Fsp3) is 0.412. The molecular weight excluding hydrogens is 424 g/mol. The molecule has 0 saturated heterocycles. The van der Waals surface area contributed by atoms with Crippen LogP contribution in [0.15, 0.2) is 36.4 Å². The number of aromatic nitrogens is 2. The summed E-state index contributed by atoms with van der Waals surface area (Å²) in [4.78, 5) is 8.74. The summed E-state index contributed by atoms with van der Waals surface area (Å²) in [6.07, 6.45) is 8.42. The normalized spacial score (nSPS) is 27.3. The van der Waals surface area contributed by atoms with Gasteiger partial charge >= 0.3 is 0 Å². The van der Waals surface area contributed by atoms with Crippen molar-refractivity contribution in [2.45, 2.75) is 31.6 Å². The van der Waals surface area contributed by atoms with Gasteiger partial charge in [0.2, 0.25) is 0 Å². The van der Waals surface area contributed by atoms with Gasteiger partial charge in [0.15, 0.2) is 0 Å². The standard InChI is InChI=1S/C17H17N2.Ir/c1-2-4-13(5-3-1)16-10-17(19-11-18-16)15-9-12-6-7-14(15)8-12;/h1-5,10,12,14-15H,6-9H2;/q-1;. The Balaban J connectivity index is 0.00000121. The summed E-state index contributed by atoms with van der Waals surface area (Å²) in [5.41, 5.74) is 3.37. The van der Waals surface area contributed by atoms with E-state index in [0.29, 0.717) is 5.92 Å². The van der Waals surface area contributed by atoms with Gasteiger partial charge in [0.05, 0.1) is 0 Å². The van der Waals surface area contributed by atoms with Crippen molar-refractivity contribution in [1.82, 2.24) is 9.97 Å². The van der Waals surface area contributed by atoms with Crippen LogP contribution in [0.2, 0.25) is 0 Å². The van der Waals surface area contributed by atoms with Crippen LogP contribution in [0, 0.1) is 18.2 Å². The van der Waals surface area contributed by atoms with E-state index in [2.05, 4.69) is 46.6 Å². The molecule has 0 spiro atoms. The third-order valence-electron chi connectivity index (χ3n) is 4.82. The Kier molecular flexibility index (Phi) is 4.00. The van der Waals surface area contributed by atoms with Crippen LogP contribution in [-0.4, -0.2) is 9.97 Å². The minimum Gasteiger partial charge on any atom is -0.370 e. The number of rotatable bonds is 2. The molecule has 4 rings (SSSR count). The molecule has 2 bridgehead atoms. The SMILES string of the molecule is [Ir].[c-]1nc(-c2ccccc2)cc(C2CC3CCC2C3)n1. The summed E-state index contributed by atoms with van der Waals surface area (Å²) in [7, 11) is 0. The number of hydrogen-bond acceptors (Lipinski definition) is 2. The molecule has 0 N–H and O–H groups in total. The monoisotopic (exact) mass is 442 g/mol. The molecule has 3 unspecified atom stereocenters. The van der Waals surface area contributed by atoms with Gasteiger partial charge in [0, 0.05) is 26.4 Å². The molecule has 2 fully saturated rings. The average Bonchev–Trinajstić information content (AvgIpc) is 3.11. The maximum Gasteiger partial charge on any atom is 0.0222 e. The summed E-state index contributed by atoms with van der Waals surface area (Å²) in [6.45, 7) is 0. The summed E-state index contributed by atoms with van der Waals surface area (Å²) in [5, 5.41) is 0. The largest absolute Gasteiger partial charge is 0.370 e. The smallest absolute Gasteiger partial charge is 0.0222 e. The van der Waals surface area contributed by atoms with Crippen LogP contribution in [0.4, 0.5) is 0 Å². The van der Waals surface area contributed by atoms with E-state index in [4.69, 9.17) is 0 Å². The molecule has 1 radical (unpaired) electrons. The third-order valence-corrected chi connectivity index (χ3v) is 4.82. The van der Waals surface area contributed by atoms with Crippen LogP contribution in [0.3, 0.4) is 0 Å². The van der Waals surface area contributed by atoms with Gasteiger partial charge in [-0.05, 0) is 29.9 Å². The Morgan fingerprint density at radius 2 is 1.85 bits per heavy atom. The Bertz CT molecular complexity index is 585. The summed E-state index contributed by atoms with van der Waals surface area (Å²) in [6, 6.07) is 12.5. The van der Waals surface area contributed by atoms with Crippen LogP contribution < -0.4 is 0 Å². The maximum absolute atomic E-state index is 4.43. The predicted octanol–water partition coefficient (Wildman–Crippen LogP) is 3.84. The maximum atomic E-state index is 4.43. The molecule has 2 aliphatic rings. The van der Waals surface area contributed by atoms with E-state index < -0.39 is 0 Å². The Labute approximate surface area is 133 Å². The van der Waals surface area contributed by atoms with E-state index in [1.165, 1.54) is 31.4 Å². The second kappa shape index (κ2) is 5.75. The van der Waals surface area contributed by atoms with Crippen molar-refractivity contribution >= 4 is 0 Å². The van der Waals surface area contributed by atoms with Crippen molar-refractivity contribution in [2.75, 3.05) is 0 Å². The first kappa shape index (κ1) is 13.9. The van der Waals surface area contributed by atoms with E-state index in [0.717, 1.165) is 23.1 Å². The van der Waals surface area contributed by atoms with Crippen LogP contribution >= 0.6 is 0 Å². The molecule has 2 saturated carbocycles. The van der Waals surface area contributed by atoms with Gasteiger partial charge in [-0.1, -0.05) is 60.9 Å². The molecule has 1 aromatic heterocycles. The molecule has 20 heavy (non-hydrogen) atoms. The van der Waals surface area contributed by atoms with Gasteiger partial charge in [-0.15, -0.1) is 6.07 Å². The number of nitrogens with zero attached hydrogens (tertiary/aromatic N) is 2. The van der Waals surface area contributed by atoms with Gasteiger partial charge in [-0.2, -0.15) is 0 Å². The van der Waals surface area contributed by atoms with E-state index >= 15 is 0 Å². The zero-order chi connectivity index (χ0) is 12.7. The summed E-state index contributed by atoms with van der Waals surface area (Å²) >= 11 is 0. The number of hydrogen-bond donors (Lipinski definition) is 0. The van der Waals surface area contributed by atoms with Crippen LogP contribution in [-0.2, 0) is 20.1 Å². The molecule has 0 aliphatic heterocycles. The second-order valence-corrected chi connectivity index (χ2v) is 5.93. The second-order valence-electron chi connectivity index (χ2n) is 5.93. The van der Waals surface area contributed by atoms with Gasteiger partial charge in [-0.3, -0.25) is 0 Å². The van der Waals surface area contributed by atoms with Crippen molar-refractivity contribution in [1.29, 1.82) is 0 Å². The van der Waals surface area contributed by atoms with E-state index in [1.54, 1.807) is 0 Å². The first-order valence-electron chi connectivity index (χ1n) is 7.20. The van der Waals surface area contributed by atoms with E-state index in [1.807, 2.05) is 6.07 Å². The van der Waals surface area contributed by atoms with Crippen molar-refractivity contribution < 1.29 is 20.1 Å². The molecule has 2 nitrogen and oxygen atoms in total. The van der Waals surface area contributed by atoms with Gasteiger partial charge in [0.25, 0.3) is 0 Å². The molecular formula is C17H17IrN2-. The third kappa shape index (κ3) is 2.45. The topological polar surface area (TPSA) is 25.8 Å². The first-order chi connectivity index (χ1) is 9.40.